The van der Waals surface area contributed by atoms with Crippen molar-refractivity contribution >= 4 is 23.4 Å². The molecule has 0 aromatic heterocycles. The maximum atomic E-state index is 13.2. The number of hydrogen-bond acceptors (Lipinski definition) is 2. The van der Waals surface area contributed by atoms with Crippen molar-refractivity contribution in [2.45, 2.75) is 97.8 Å². The van der Waals surface area contributed by atoms with E-state index >= 15 is 0 Å². The molecular weight excluding hydrogens is 350 g/mol. The predicted octanol–water partition coefficient (Wildman–Crippen LogP) is 8.18. The van der Waals surface area contributed by atoms with Crippen molar-refractivity contribution in [3.63, 3.8) is 0 Å². The van der Waals surface area contributed by atoms with Crippen LogP contribution in [0.4, 0.5) is 5.69 Å². The predicted molar refractivity (Wildman–Crippen MR) is 124 cm³/mol. The lowest BCUT2D eigenvalue weighted by Gasteiger charge is -2.38. The molecule has 27 heavy (non-hydrogen) atoms. The molecule has 3 heteroatoms. The Balaban J connectivity index is 0.00000158. The van der Waals surface area contributed by atoms with Gasteiger partial charge in [0.1, 0.15) is 0 Å². The fourth-order valence-electron chi connectivity index (χ4n) is 3.89. The molecule has 0 atom stereocenters. The number of nitrogens with one attached hydrogen (secondary N) is 1. The van der Waals surface area contributed by atoms with Gasteiger partial charge in [0.05, 0.1) is 5.69 Å². The van der Waals surface area contributed by atoms with Gasteiger partial charge in [0.25, 0.3) is 0 Å². The third-order valence-electron chi connectivity index (χ3n) is 5.48. The SMILES string of the molecule is CC.CC.CCC(CC)CC1(C(=O)Nc2ccccc2SC)CCCCC1. The first-order chi connectivity index (χ1) is 13.1. The smallest absolute Gasteiger partial charge is 0.230 e. The minimum Gasteiger partial charge on any atom is -0.325 e. The fraction of sp³-hybridized carbons (Fsp3) is 0.708. The molecule has 1 N–H and O–H groups in total. The molecule has 0 unspecified atom stereocenters. The molecule has 156 valence electrons. The van der Waals surface area contributed by atoms with Crippen LogP contribution < -0.4 is 5.32 Å². The fourth-order valence-corrected chi connectivity index (χ4v) is 4.44. The third kappa shape index (κ3) is 7.89. The highest BCUT2D eigenvalue weighted by atomic mass is 32.2. The Labute approximate surface area is 173 Å². The molecule has 0 heterocycles. The van der Waals surface area contributed by atoms with E-state index in [4.69, 9.17) is 0 Å². The van der Waals surface area contributed by atoms with Crippen LogP contribution in [0.5, 0.6) is 0 Å². The van der Waals surface area contributed by atoms with Gasteiger partial charge in [0.2, 0.25) is 5.91 Å². The Morgan fingerprint density at radius 2 is 1.59 bits per heavy atom. The van der Waals surface area contributed by atoms with Gasteiger partial charge in [-0.1, -0.05) is 85.8 Å². The highest BCUT2D eigenvalue weighted by molar-refractivity contribution is 7.98. The monoisotopic (exact) mass is 393 g/mol. The number of carbonyl (C=O) groups excluding carboxylic acids is 1. The Kier molecular flexibility index (Phi) is 14.5. The van der Waals surface area contributed by atoms with Crippen LogP contribution in [-0.4, -0.2) is 12.2 Å². The van der Waals surface area contributed by atoms with Crippen LogP contribution in [0.1, 0.15) is 92.9 Å². The van der Waals surface area contributed by atoms with Gasteiger partial charge in [-0.05, 0) is 43.6 Å². The van der Waals surface area contributed by atoms with Crippen LogP contribution in [0.2, 0.25) is 0 Å². The van der Waals surface area contributed by atoms with E-state index in [2.05, 4.69) is 31.5 Å². The van der Waals surface area contributed by atoms with E-state index in [1.54, 1.807) is 11.8 Å². The summed E-state index contributed by atoms with van der Waals surface area (Å²) in [7, 11) is 0. The van der Waals surface area contributed by atoms with Crippen LogP contribution in [0.15, 0.2) is 29.2 Å². The lowest BCUT2D eigenvalue weighted by Crippen LogP contribution is -2.39. The maximum absolute atomic E-state index is 13.2. The molecule has 2 nitrogen and oxygen atoms in total. The van der Waals surface area contributed by atoms with E-state index in [1.807, 2.05) is 45.9 Å². The van der Waals surface area contributed by atoms with Gasteiger partial charge >= 0.3 is 0 Å². The zero-order valence-electron chi connectivity index (χ0n) is 18.9. The summed E-state index contributed by atoms with van der Waals surface area (Å²) in [6.07, 6.45) is 11.2. The first-order valence-electron chi connectivity index (χ1n) is 11.1. The van der Waals surface area contributed by atoms with Gasteiger partial charge in [-0.2, -0.15) is 0 Å². The Morgan fingerprint density at radius 3 is 2.11 bits per heavy atom. The number of benzene rings is 1. The topological polar surface area (TPSA) is 29.1 Å². The summed E-state index contributed by atoms with van der Waals surface area (Å²) in [6.45, 7) is 12.5. The molecule has 0 aliphatic heterocycles. The summed E-state index contributed by atoms with van der Waals surface area (Å²) < 4.78 is 0. The molecule has 1 fully saturated rings. The molecule has 1 aromatic rings. The van der Waals surface area contributed by atoms with Crippen LogP contribution in [-0.2, 0) is 4.79 Å². The second-order valence-corrected chi connectivity index (χ2v) is 7.73. The van der Waals surface area contributed by atoms with Crippen molar-refractivity contribution in [2.75, 3.05) is 11.6 Å². The average Bonchev–Trinajstić information content (AvgIpc) is 2.76. The lowest BCUT2D eigenvalue weighted by atomic mass is 9.67. The lowest BCUT2D eigenvalue weighted by molar-refractivity contribution is -0.128. The van der Waals surface area contributed by atoms with E-state index in [0.717, 1.165) is 29.8 Å². The van der Waals surface area contributed by atoms with Crippen molar-refractivity contribution in [1.82, 2.24) is 0 Å². The van der Waals surface area contributed by atoms with Crippen molar-refractivity contribution in [3.05, 3.63) is 24.3 Å². The van der Waals surface area contributed by atoms with Gasteiger partial charge in [-0.25, -0.2) is 0 Å². The zero-order chi connectivity index (χ0) is 20.7. The van der Waals surface area contributed by atoms with Crippen LogP contribution >= 0.6 is 11.8 Å². The molecule has 1 aliphatic carbocycles. The van der Waals surface area contributed by atoms with Gasteiger partial charge in [0, 0.05) is 10.3 Å². The van der Waals surface area contributed by atoms with E-state index in [9.17, 15) is 4.79 Å². The first kappa shape index (κ1) is 26.0. The highest BCUT2D eigenvalue weighted by Gasteiger charge is 2.40. The largest absolute Gasteiger partial charge is 0.325 e. The molecule has 0 bridgehead atoms. The van der Waals surface area contributed by atoms with E-state index in [1.165, 1.54) is 32.1 Å². The minimum absolute atomic E-state index is 0.152. The number of carbonyl (C=O) groups is 1. The van der Waals surface area contributed by atoms with Gasteiger partial charge in [0.15, 0.2) is 0 Å². The first-order valence-corrected chi connectivity index (χ1v) is 12.3. The summed E-state index contributed by atoms with van der Waals surface area (Å²) >= 11 is 1.69. The number of anilines is 1. The molecule has 2 rings (SSSR count). The molecule has 0 radical (unpaired) electrons. The van der Waals surface area contributed by atoms with Gasteiger partial charge in [-0.15, -0.1) is 11.8 Å². The molecular formula is C24H43NOS. The number of para-hydroxylation sites is 1. The molecule has 0 saturated heterocycles. The van der Waals surface area contributed by atoms with Crippen molar-refractivity contribution in [1.29, 1.82) is 0 Å². The van der Waals surface area contributed by atoms with Crippen molar-refractivity contribution in [2.24, 2.45) is 11.3 Å². The molecule has 0 spiro atoms. The Morgan fingerprint density at radius 1 is 1.04 bits per heavy atom. The highest BCUT2D eigenvalue weighted by Crippen LogP contribution is 2.44. The van der Waals surface area contributed by atoms with Gasteiger partial charge < -0.3 is 5.32 Å². The second-order valence-electron chi connectivity index (χ2n) is 6.88. The number of rotatable bonds is 7. The maximum Gasteiger partial charge on any atom is 0.230 e. The number of amides is 1. The van der Waals surface area contributed by atoms with Crippen LogP contribution in [0.25, 0.3) is 0 Å². The summed E-state index contributed by atoms with van der Waals surface area (Å²) in [4.78, 5) is 14.4. The minimum atomic E-state index is -0.152. The zero-order valence-corrected chi connectivity index (χ0v) is 19.7. The number of thioether (sulfide) groups is 1. The van der Waals surface area contributed by atoms with E-state index in [0.29, 0.717) is 5.92 Å². The quantitative estimate of drug-likeness (QED) is 0.473. The van der Waals surface area contributed by atoms with Crippen molar-refractivity contribution < 1.29 is 4.79 Å². The van der Waals surface area contributed by atoms with Crippen LogP contribution in [0, 0.1) is 11.3 Å². The Hall–Kier alpha value is -0.960. The molecule has 1 aliphatic rings. The third-order valence-corrected chi connectivity index (χ3v) is 6.28. The van der Waals surface area contributed by atoms with Gasteiger partial charge in [-0.3, -0.25) is 4.79 Å². The Bertz CT molecular complexity index is 505. The standard InChI is InChI=1S/C20H31NOS.2C2H6/c1-4-16(5-2)15-20(13-9-6-10-14-20)19(22)21-17-11-7-8-12-18(17)23-3;2*1-2/h7-8,11-12,16H,4-6,9-10,13-15H2,1-3H3,(H,21,22);2*1-2H3. The summed E-state index contributed by atoms with van der Waals surface area (Å²) in [5, 5.41) is 3.27. The summed E-state index contributed by atoms with van der Waals surface area (Å²) in [5.74, 6) is 0.917. The van der Waals surface area contributed by atoms with E-state index < -0.39 is 0 Å². The molecule has 1 amide bonds. The molecule has 1 aromatic carbocycles. The second kappa shape index (κ2) is 15.0. The van der Waals surface area contributed by atoms with Crippen molar-refractivity contribution in [3.8, 4) is 0 Å². The molecule has 1 saturated carbocycles. The summed E-state index contributed by atoms with van der Waals surface area (Å²) in [5.41, 5.74) is 0.819. The van der Waals surface area contributed by atoms with E-state index in [-0.39, 0.29) is 11.3 Å². The average molecular weight is 394 g/mol. The van der Waals surface area contributed by atoms with Crippen LogP contribution in [0.3, 0.4) is 0 Å². The summed E-state index contributed by atoms with van der Waals surface area (Å²) in [6, 6.07) is 8.14. The number of hydrogen-bond donors (Lipinski definition) is 1. The normalized spacial score (nSPS) is 15.1.